The van der Waals surface area contributed by atoms with Gasteiger partial charge in [-0.1, -0.05) is 41.9 Å². The Balaban J connectivity index is 1.73. The molecule has 1 saturated heterocycles. The largest absolute Gasteiger partial charge is 0.338 e. The maximum absolute atomic E-state index is 12.7. The second kappa shape index (κ2) is 7.73. The first-order valence-corrected chi connectivity index (χ1v) is 9.78. The molecule has 0 aliphatic carbocycles. The van der Waals surface area contributed by atoms with E-state index in [1.807, 2.05) is 59.1 Å². The van der Waals surface area contributed by atoms with Gasteiger partial charge >= 0.3 is 0 Å². The van der Waals surface area contributed by atoms with E-state index < -0.39 is 0 Å². The lowest BCUT2D eigenvalue weighted by Gasteiger charge is -2.21. The van der Waals surface area contributed by atoms with Crippen LogP contribution in [0.4, 0.5) is 0 Å². The van der Waals surface area contributed by atoms with Crippen molar-refractivity contribution in [2.45, 2.75) is 11.7 Å². The number of hydrogen-bond donors (Lipinski definition) is 0. The second-order valence-electron chi connectivity index (χ2n) is 5.44. The van der Waals surface area contributed by atoms with Gasteiger partial charge in [-0.3, -0.25) is 4.79 Å². The third-order valence-electron chi connectivity index (χ3n) is 3.99. The Morgan fingerprint density at radius 3 is 2.65 bits per heavy atom. The molecule has 1 fully saturated rings. The Morgan fingerprint density at radius 1 is 1.13 bits per heavy atom. The van der Waals surface area contributed by atoms with Gasteiger partial charge in [-0.05, 0) is 46.1 Å². The summed E-state index contributed by atoms with van der Waals surface area (Å²) in [5.74, 6) is 1.02. The molecule has 1 unspecified atom stereocenters. The summed E-state index contributed by atoms with van der Waals surface area (Å²) in [4.78, 5) is 14.7. The van der Waals surface area contributed by atoms with E-state index in [-0.39, 0.29) is 5.91 Å². The number of benzene rings is 2. The van der Waals surface area contributed by atoms with Gasteiger partial charge in [0.15, 0.2) is 0 Å². The SMILES string of the molecule is O=C(c1ccccc1Br)N1CCSC(c2ccccc2Cl)CC1. The van der Waals surface area contributed by atoms with E-state index in [1.54, 1.807) is 0 Å². The van der Waals surface area contributed by atoms with E-state index in [4.69, 9.17) is 11.6 Å². The molecule has 2 aromatic carbocycles. The molecule has 1 amide bonds. The highest BCUT2D eigenvalue weighted by Gasteiger charge is 2.24. The number of carbonyl (C=O) groups excluding carboxylic acids is 1. The van der Waals surface area contributed by atoms with Crippen molar-refractivity contribution in [3.63, 3.8) is 0 Å². The first kappa shape index (κ1) is 16.9. The third-order valence-corrected chi connectivity index (χ3v) is 6.33. The summed E-state index contributed by atoms with van der Waals surface area (Å²) in [6.07, 6.45) is 0.921. The predicted octanol–water partition coefficient (Wildman–Crippen LogP) is 5.42. The second-order valence-corrected chi connectivity index (χ2v) is 8.01. The minimum atomic E-state index is 0.0953. The number of amides is 1. The average molecular weight is 411 g/mol. The van der Waals surface area contributed by atoms with Crippen molar-refractivity contribution >= 4 is 45.2 Å². The van der Waals surface area contributed by atoms with E-state index >= 15 is 0 Å². The summed E-state index contributed by atoms with van der Waals surface area (Å²) >= 11 is 11.7. The van der Waals surface area contributed by atoms with E-state index in [9.17, 15) is 4.79 Å². The monoisotopic (exact) mass is 409 g/mol. The van der Waals surface area contributed by atoms with Gasteiger partial charge in [0.25, 0.3) is 5.91 Å². The molecule has 2 nitrogen and oxygen atoms in total. The van der Waals surface area contributed by atoms with Crippen LogP contribution < -0.4 is 0 Å². The van der Waals surface area contributed by atoms with Gasteiger partial charge in [0.05, 0.1) is 5.56 Å². The van der Waals surface area contributed by atoms with Crippen LogP contribution in [0.15, 0.2) is 53.0 Å². The van der Waals surface area contributed by atoms with E-state index in [1.165, 1.54) is 5.56 Å². The maximum atomic E-state index is 12.7. The predicted molar refractivity (Wildman–Crippen MR) is 101 cm³/mol. The van der Waals surface area contributed by atoms with Gasteiger partial charge in [-0.25, -0.2) is 0 Å². The molecule has 0 bridgehead atoms. The molecule has 0 radical (unpaired) electrons. The standard InChI is InChI=1S/C18H17BrClNOS/c19-15-7-3-1-5-13(15)18(22)21-10-9-17(23-12-11-21)14-6-2-4-8-16(14)20/h1-8,17H,9-12H2. The molecule has 0 saturated carbocycles. The average Bonchev–Trinajstić information content (AvgIpc) is 2.81. The van der Waals surface area contributed by atoms with Crippen molar-refractivity contribution in [3.8, 4) is 0 Å². The van der Waals surface area contributed by atoms with Crippen LogP contribution in [0.5, 0.6) is 0 Å². The molecular formula is C18H17BrClNOS. The van der Waals surface area contributed by atoms with Crippen LogP contribution in [0.25, 0.3) is 0 Å². The fraction of sp³-hybridized carbons (Fsp3) is 0.278. The Bertz CT molecular complexity index is 709. The summed E-state index contributed by atoms with van der Waals surface area (Å²) in [7, 11) is 0. The lowest BCUT2D eigenvalue weighted by atomic mass is 10.1. The molecule has 0 aromatic heterocycles. The zero-order valence-corrected chi connectivity index (χ0v) is 15.7. The van der Waals surface area contributed by atoms with Crippen molar-refractivity contribution in [3.05, 3.63) is 69.2 Å². The molecule has 0 spiro atoms. The Morgan fingerprint density at radius 2 is 1.87 bits per heavy atom. The summed E-state index contributed by atoms with van der Waals surface area (Å²) in [5, 5.41) is 1.16. The zero-order chi connectivity index (χ0) is 16.2. The van der Waals surface area contributed by atoms with Gasteiger partial charge in [-0.2, -0.15) is 11.8 Å². The molecule has 23 heavy (non-hydrogen) atoms. The molecule has 2 aromatic rings. The molecule has 5 heteroatoms. The highest BCUT2D eigenvalue weighted by molar-refractivity contribution is 9.10. The highest BCUT2D eigenvalue weighted by atomic mass is 79.9. The molecule has 1 aliphatic heterocycles. The van der Waals surface area contributed by atoms with Crippen LogP contribution in [-0.4, -0.2) is 29.6 Å². The van der Waals surface area contributed by atoms with Crippen LogP contribution in [0.1, 0.15) is 27.6 Å². The molecule has 0 N–H and O–H groups in total. The fourth-order valence-electron chi connectivity index (χ4n) is 2.76. The summed E-state index contributed by atoms with van der Waals surface area (Å²) < 4.78 is 0.851. The molecule has 1 aliphatic rings. The van der Waals surface area contributed by atoms with Crippen LogP contribution in [0.3, 0.4) is 0 Å². The lowest BCUT2D eigenvalue weighted by Crippen LogP contribution is -2.33. The fourth-order valence-corrected chi connectivity index (χ4v) is 4.82. The highest BCUT2D eigenvalue weighted by Crippen LogP contribution is 2.38. The van der Waals surface area contributed by atoms with E-state index in [0.717, 1.165) is 40.3 Å². The molecule has 120 valence electrons. The van der Waals surface area contributed by atoms with Gasteiger partial charge in [0.1, 0.15) is 0 Å². The van der Waals surface area contributed by atoms with Crippen molar-refractivity contribution in [1.29, 1.82) is 0 Å². The minimum Gasteiger partial charge on any atom is -0.338 e. The first-order chi connectivity index (χ1) is 11.2. The van der Waals surface area contributed by atoms with Crippen molar-refractivity contribution in [2.75, 3.05) is 18.8 Å². The number of halogens is 2. The van der Waals surface area contributed by atoms with Gasteiger partial charge in [0, 0.05) is 33.6 Å². The number of carbonyl (C=O) groups is 1. The number of nitrogens with zero attached hydrogens (tertiary/aromatic N) is 1. The minimum absolute atomic E-state index is 0.0953. The normalized spacial score (nSPS) is 18.5. The third kappa shape index (κ3) is 3.93. The summed E-state index contributed by atoms with van der Waals surface area (Å²) in [6.45, 7) is 1.52. The van der Waals surface area contributed by atoms with Crippen molar-refractivity contribution in [1.82, 2.24) is 4.90 Å². The number of rotatable bonds is 2. The van der Waals surface area contributed by atoms with Gasteiger partial charge in [-0.15, -0.1) is 0 Å². The Labute approximate surface area is 154 Å². The molecular weight excluding hydrogens is 394 g/mol. The Hall–Kier alpha value is -0.970. The van der Waals surface area contributed by atoms with Gasteiger partial charge < -0.3 is 4.90 Å². The van der Waals surface area contributed by atoms with Gasteiger partial charge in [0.2, 0.25) is 0 Å². The van der Waals surface area contributed by atoms with E-state index in [0.29, 0.717) is 5.25 Å². The van der Waals surface area contributed by atoms with Crippen LogP contribution >= 0.6 is 39.3 Å². The topological polar surface area (TPSA) is 20.3 Å². The van der Waals surface area contributed by atoms with Crippen molar-refractivity contribution in [2.24, 2.45) is 0 Å². The first-order valence-electron chi connectivity index (χ1n) is 7.56. The molecule has 1 atom stereocenters. The smallest absolute Gasteiger partial charge is 0.255 e. The zero-order valence-electron chi connectivity index (χ0n) is 12.5. The molecule has 3 rings (SSSR count). The summed E-state index contributed by atoms with van der Waals surface area (Å²) in [5.41, 5.74) is 1.91. The quantitative estimate of drug-likeness (QED) is 0.658. The number of thioether (sulfide) groups is 1. The summed E-state index contributed by atoms with van der Waals surface area (Å²) in [6, 6.07) is 15.6. The maximum Gasteiger partial charge on any atom is 0.255 e. The molecule has 1 heterocycles. The lowest BCUT2D eigenvalue weighted by molar-refractivity contribution is 0.0765. The number of hydrogen-bond acceptors (Lipinski definition) is 2. The van der Waals surface area contributed by atoms with Crippen LogP contribution in [0.2, 0.25) is 5.02 Å². The van der Waals surface area contributed by atoms with E-state index in [2.05, 4.69) is 22.0 Å². The van der Waals surface area contributed by atoms with Crippen LogP contribution in [-0.2, 0) is 0 Å². The van der Waals surface area contributed by atoms with Crippen LogP contribution in [0, 0.1) is 0 Å². The Kier molecular flexibility index (Phi) is 5.67. The van der Waals surface area contributed by atoms with Crippen molar-refractivity contribution < 1.29 is 4.79 Å².